The molecule has 3 atom stereocenters. The number of aromatic amines is 1. The maximum absolute atomic E-state index is 14.1. The van der Waals surface area contributed by atoms with Gasteiger partial charge in [-0.15, -0.1) is 0 Å². The van der Waals surface area contributed by atoms with Crippen LogP contribution in [0.25, 0.3) is 0 Å². The standard InChI is InChI=1S/C29H29FN8O/c1-20(21-5-3-2-4-6-21)35-28-34-13-11-26(36-28)38-17-12-24(25-19-31-16-18-39-25)37-29(38,27-32-14-15-33-27)22-7-9-23(30)10-8-22/h2-15,17,20,25,31H,16,18-19H2,1H3,(H,32,33)(H,34,35,36)/t20-,25?,29?/m0/s1. The molecule has 4 aromatic rings. The second-order valence-electron chi connectivity index (χ2n) is 9.42. The van der Waals surface area contributed by atoms with Crippen molar-refractivity contribution >= 4 is 17.5 Å². The van der Waals surface area contributed by atoms with Gasteiger partial charge in [0.05, 0.1) is 18.4 Å². The van der Waals surface area contributed by atoms with Gasteiger partial charge >= 0.3 is 0 Å². The van der Waals surface area contributed by atoms with Crippen molar-refractivity contribution in [3.05, 3.63) is 114 Å². The maximum atomic E-state index is 14.1. The van der Waals surface area contributed by atoms with Crippen LogP contribution in [0.3, 0.4) is 0 Å². The Hall–Kier alpha value is -4.41. The summed E-state index contributed by atoms with van der Waals surface area (Å²) in [4.78, 5) is 24.4. The van der Waals surface area contributed by atoms with Crippen LogP contribution < -0.4 is 15.5 Å². The first-order valence-corrected chi connectivity index (χ1v) is 12.9. The molecule has 3 N–H and O–H groups in total. The van der Waals surface area contributed by atoms with Crippen LogP contribution in [-0.4, -0.2) is 51.4 Å². The smallest absolute Gasteiger partial charge is 0.225 e. The minimum absolute atomic E-state index is 0.00847. The molecular formula is C29H29FN8O. The van der Waals surface area contributed by atoms with E-state index in [1.165, 1.54) is 12.1 Å². The molecule has 1 fully saturated rings. The minimum atomic E-state index is -1.20. The second-order valence-corrected chi connectivity index (χ2v) is 9.42. The normalized spacial score (nSPS) is 21.8. The monoisotopic (exact) mass is 524 g/mol. The third kappa shape index (κ3) is 4.91. The number of H-pyrrole nitrogens is 1. The van der Waals surface area contributed by atoms with Gasteiger partial charge in [0.1, 0.15) is 17.7 Å². The zero-order valence-electron chi connectivity index (χ0n) is 21.5. The first-order chi connectivity index (χ1) is 19.1. The molecule has 0 aliphatic carbocycles. The van der Waals surface area contributed by atoms with Crippen molar-refractivity contribution in [2.24, 2.45) is 4.99 Å². The number of nitrogens with one attached hydrogen (secondary N) is 3. The summed E-state index contributed by atoms with van der Waals surface area (Å²) < 4.78 is 20.1. The molecule has 0 saturated carbocycles. The lowest BCUT2D eigenvalue weighted by Crippen LogP contribution is -2.50. The highest BCUT2D eigenvalue weighted by Gasteiger charge is 2.46. The summed E-state index contributed by atoms with van der Waals surface area (Å²) in [6.07, 6.45) is 8.77. The van der Waals surface area contributed by atoms with Crippen LogP contribution in [0.1, 0.15) is 29.9 Å². The lowest BCUT2D eigenvalue weighted by molar-refractivity contribution is 0.0710. The molecule has 39 heavy (non-hydrogen) atoms. The Balaban J connectivity index is 1.45. The first-order valence-electron chi connectivity index (χ1n) is 12.9. The van der Waals surface area contributed by atoms with E-state index in [2.05, 4.69) is 44.6 Å². The maximum Gasteiger partial charge on any atom is 0.225 e. The second kappa shape index (κ2) is 10.8. The number of hydrogen-bond donors (Lipinski definition) is 3. The minimum Gasteiger partial charge on any atom is -0.369 e. The first kappa shape index (κ1) is 24.9. The predicted molar refractivity (Wildman–Crippen MR) is 148 cm³/mol. The highest BCUT2D eigenvalue weighted by molar-refractivity contribution is 6.01. The average molecular weight is 525 g/mol. The van der Waals surface area contributed by atoms with Crippen molar-refractivity contribution in [2.75, 3.05) is 29.9 Å². The van der Waals surface area contributed by atoms with E-state index in [1.54, 1.807) is 30.7 Å². The third-order valence-electron chi connectivity index (χ3n) is 6.90. The molecule has 9 nitrogen and oxygen atoms in total. The Bertz CT molecular complexity index is 1450. The van der Waals surface area contributed by atoms with E-state index in [0.29, 0.717) is 30.7 Å². The Labute approximate surface area is 225 Å². The highest BCUT2D eigenvalue weighted by Crippen LogP contribution is 2.41. The number of benzene rings is 2. The summed E-state index contributed by atoms with van der Waals surface area (Å²) in [5.74, 6) is 1.29. The van der Waals surface area contributed by atoms with Crippen LogP contribution in [0.4, 0.5) is 16.2 Å². The number of hydrogen-bond acceptors (Lipinski definition) is 8. The number of aromatic nitrogens is 4. The summed E-state index contributed by atoms with van der Waals surface area (Å²) in [5, 5.41) is 6.77. The van der Waals surface area contributed by atoms with E-state index in [9.17, 15) is 4.39 Å². The Kier molecular flexibility index (Phi) is 6.87. The summed E-state index contributed by atoms with van der Waals surface area (Å²) in [5.41, 5.74) is 1.40. The zero-order valence-corrected chi connectivity index (χ0v) is 21.5. The van der Waals surface area contributed by atoms with E-state index < -0.39 is 5.66 Å². The molecule has 6 rings (SSSR count). The van der Waals surface area contributed by atoms with E-state index >= 15 is 0 Å². The van der Waals surface area contributed by atoms with E-state index in [-0.39, 0.29) is 18.0 Å². The van der Waals surface area contributed by atoms with Gasteiger partial charge in [0.2, 0.25) is 11.6 Å². The van der Waals surface area contributed by atoms with Gasteiger partial charge in [-0.05, 0) is 36.8 Å². The van der Waals surface area contributed by atoms with Crippen molar-refractivity contribution in [1.29, 1.82) is 0 Å². The van der Waals surface area contributed by atoms with Gasteiger partial charge in [-0.25, -0.2) is 19.4 Å². The summed E-state index contributed by atoms with van der Waals surface area (Å²) in [6, 6.07) is 18.2. The van der Waals surface area contributed by atoms with Crippen LogP contribution in [0.5, 0.6) is 0 Å². The molecule has 2 unspecified atom stereocenters. The number of rotatable bonds is 7. The molecule has 2 aromatic carbocycles. The molecule has 4 heterocycles. The van der Waals surface area contributed by atoms with Gasteiger partial charge < -0.3 is 20.4 Å². The van der Waals surface area contributed by atoms with E-state index in [0.717, 1.165) is 23.4 Å². The molecular weight excluding hydrogens is 495 g/mol. The fourth-order valence-electron chi connectivity index (χ4n) is 4.93. The van der Waals surface area contributed by atoms with Gasteiger partial charge in [0, 0.05) is 43.4 Å². The van der Waals surface area contributed by atoms with E-state index in [4.69, 9.17) is 14.7 Å². The number of aliphatic imine (C=N–C) groups is 1. The molecule has 0 radical (unpaired) electrons. The molecule has 0 spiro atoms. The SMILES string of the molecule is C[C@H](Nc1nccc(N2C=CC(C3CNCCO3)=NC2(c2ccc(F)cc2)c2ncc[nH]2)n1)c1ccccc1. The van der Waals surface area contributed by atoms with Gasteiger partial charge in [-0.2, -0.15) is 4.98 Å². The number of ether oxygens (including phenoxy) is 1. The quantitative estimate of drug-likeness (QED) is 0.333. The van der Waals surface area contributed by atoms with Gasteiger partial charge in [-0.3, -0.25) is 4.90 Å². The average Bonchev–Trinajstić information content (AvgIpc) is 3.54. The summed E-state index contributed by atoms with van der Waals surface area (Å²) in [7, 11) is 0. The summed E-state index contributed by atoms with van der Waals surface area (Å²) in [6.45, 7) is 4.08. The molecule has 2 aliphatic rings. The Morgan fingerprint density at radius 3 is 2.67 bits per heavy atom. The topological polar surface area (TPSA) is 103 Å². The molecule has 0 amide bonds. The van der Waals surface area contributed by atoms with Crippen LogP contribution in [0, 0.1) is 5.82 Å². The van der Waals surface area contributed by atoms with Crippen molar-refractivity contribution in [2.45, 2.75) is 24.7 Å². The lowest BCUT2D eigenvalue weighted by atomic mass is 9.94. The van der Waals surface area contributed by atoms with E-state index in [1.807, 2.05) is 41.4 Å². The Morgan fingerprint density at radius 2 is 1.92 bits per heavy atom. The largest absolute Gasteiger partial charge is 0.369 e. The molecule has 2 aliphatic heterocycles. The van der Waals surface area contributed by atoms with Crippen LogP contribution in [0.15, 0.2) is 96.5 Å². The lowest BCUT2D eigenvalue weighted by Gasteiger charge is -2.42. The van der Waals surface area contributed by atoms with Crippen molar-refractivity contribution < 1.29 is 9.13 Å². The molecule has 2 aromatic heterocycles. The summed E-state index contributed by atoms with van der Waals surface area (Å²) >= 11 is 0. The van der Waals surface area contributed by atoms with Crippen molar-refractivity contribution in [3.8, 4) is 0 Å². The zero-order chi connectivity index (χ0) is 26.7. The number of morpholine rings is 1. The van der Waals surface area contributed by atoms with Gasteiger partial charge in [-0.1, -0.05) is 42.5 Å². The van der Waals surface area contributed by atoms with Gasteiger partial charge in [0.25, 0.3) is 0 Å². The Morgan fingerprint density at radius 1 is 1.08 bits per heavy atom. The van der Waals surface area contributed by atoms with Crippen molar-refractivity contribution in [3.63, 3.8) is 0 Å². The fraction of sp³-hybridized carbons (Fsp3) is 0.241. The molecule has 198 valence electrons. The van der Waals surface area contributed by atoms with Crippen molar-refractivity contribution in [1.82, 2.24) is 25.3 Å². The van der Waals surface area contributed by atoms with Crippen LogP contribution >= 0.6 is 0 Å². The molecule has 0 bridgehead atoms. The van der Waals surface area contributed by atoms with Crippen LogP contribution in [-0.2, 0) is 10.4 Å². The third-order valence-corrected chi connectivity index (χ3v) is 6.90. The molecule has 10 heteroatoms. The predicted octanol–water partition coefficient (Wildman–Crippen LogP) is 4.18. The highest BCUT2D eigenvalue weighted by atomic mass is 19.1. The number of nitrogens with zero attached hydrogens (tertiary/aromatic N) is 5. The number of halogens is 1. The number of imidazole rings is 1. The number of anilines is 2. The molecule has 1 saturated heterocycles. The fourth-order valence-corrected chi connectivity index (χ4v) is 4.93. The van der Waals surface area contributed by atoms with Gasteiger partial charge in [0.15, 0.2) is 5.82 Å². The van der Waals surface area contributed by atoms with Crippen LogP contribution in [0.2, 0.25) is 0 Å².